The quantitative estimate of drug-likeness (QED) is 0.512. The Labute approximate surface area is 175 Å². The summed E-state index contributed by atoms with van der Waals surface area (Å²) in [5, 5.41) is 22.9. The lowest BCUT2D eigenvalue weighted by molar-refractivity contribution is 0.0440. The molecule has 1 aliphatic heterocycles. The number of rotatable bonds is 3. The summed E-state index contributed by atoms with van der Waals surface area (Å²) in [5.41, 5.74) is 1.64. The van der Waals surface area contributed by atoms with Crippen LogP contribution < -0.4 is 0 Å². The number of aromatic amines is 1. The van der Waals surface area contributed by atoms with E-state index in [0.717, 1.165) is 11.2 Å². The van der Waals surface area contributed by atoms with Gasteiger partial charge >= 0.3 is 11.8 Å². The standard InChI is InChI=1S/C19H18ClN7O3/c1-19(2,29)18-24-23-16(30-18)17(28)26-7-5-11-14(22-9-21-11)15(26)12-8-13-10(20)4-3-6-27(13)25-12/h3-4,6,8-9,15,29H,5,7H2,1-2H3,(H,21,22)/t15-/m0/s1. The number of pyridine rings is 1. The van der Waals surface area contributed by atoms with Gasteiger partial charge in [0, 0.05) is 24.9 Å². The van der Waals surface area contributed by atoms with Gasteiger partial charge in [-0.3, -0.25) is 4.79 Å². The molecule has 0 bridgehead atoms. The molecule has 1 amide bonds. The van der Waals surface area contributed by atoms with Crippen LogP contribution in [0.5, 0.6) is 0 Å². The highest BCUT2D eigenvalue weighted by atomic mass is 35.5. The first-order valence-electron chi connectivity index (χ1n) is 9.36. The van der Waals surface area contributed by atoms with Crippen LogP contribution in [0.4, 0.5) is 0 Å². The minimum atomic E-state index is -1.35. The third-order valence-electron chi connectivity index (χ3n) is 5.07. The number of H-pyrrole nitrogens is 1. The zero-order valence-electron chi connectivity index (χ0n) is 16.2. The molecule has 0 saturated heterocycles. The summed E-state index contributed by atoms with van der Waals surface area (Å²) < 4.78 is 7.12. The normalized spacial score (nSPS) is 16.8. The van der Waals surface area contributed by atoms with Crippen LogP contribution >= 0.6 is 11.6 Å². The number of imidazole rings is 1. The van der Waals surface area contributed by atoms with Gasteiger partial charge in [0.2, 0.25) is 5.89 Å². The minimum Gasteiger partial charge on any atom is -0.414 e. The summed E-state index contributed by atoms with van der Waals surface area (Å²) in [4.78, 5) is 22.5. The number of carbonyl (C=O) groups excluding carboxylic acids is 1. The maximum Gasteiger partial charge on any atom is 0.312 e. The Kier molecular flexibility index (Phi) is 4.16. The first-order chi connectivity index (χ1) is 14.3. The largest absolute Gasteiger partial charge is 0.414 e. The molecule has 154 valence electrons. The highest BCUT2D eigenvalue weighted by Gasteiger charge is 2.38. The van der Waals surface area contributed by atoms with Crippen molar-refractivity contribution in [1.29, 1.82) is 0 Å². The van der Waals surface area contributed by atoms with Crippen LogP contribution in [-0.2, 0) is 12.0 Å². The van der Waals surface area contributed by atoms with Gasteiger partial charge in [0.05, 0.1) is 28.3 Å². The number of carbonyl (C=O) groups is 1. The van der Waals surface area contributed by atoms with Crippen molar-refractivity contribution in [2.45, 2.75) is 31.9 Å². The van der Waals surface area contributed by atoms with Crippen molar-refractivity contribution in [3.63, 3.8) is 0 Å². The van der Waals surface area contributed by atoms with Gasteiger partial charge in [-0.05, 0) is 32.0 Å². The fourth-order valence-corrected chi connectivity index (χ4v) is 3.82. The summed E-state index contributed by atoms with van der Waals surface area (Å²) in [6, 6.07) is 4.86. The van der Waals surface area contributed by atoms with Gasteiger partial charge in [0.1, 0.15) is 11.6 Å². The van der Waals surface area contributed by atoms with Crippen LogP contribution in [0.25, 0.3) is 5.52 Å². The summed E-state index contributed by atoms with van der Waals surface area (Å²) >= 11 is 6.31. The second kappa shape index (κ2) is 6.64. The van der Waals surface area contributed by atoms with Crippen LogP contribution in [0.15, 0.2) is 35.1 Å². The van der Waals surface area contributed by atoms with Crippen molar-refractivity contribution < 1.29 is 14.3 Å². The second-order valence-electron chi connectivity index (χ2n) is 7.64. The molecule has 0 fully saturated rings. The zero-order valence-corrected chi connectivity index (χ0v) is 17.0. The molecule has 1 aliphatic rings. The summed E-state index contributed by atoms with van der Waals surface area (Å²) in [5.74, 6) is -0.683. The van der Waals surface area contributed by atoms with E-state index in [0.29, 0.717) is 29.4 Å². The number of fused-ring (bicyclic) bond motifs is 2. The van der Waals surface area contributed by atoms with Crippen molar-refractivity contribution in [2.24, 2.45) is 0 Å². The van der Waals surface area contributed by atoms with Crippen LogP contribution in [-0.4, -0.2) is 52.2 Å². The first-order valence-corrected chi connectivity index (χ1v) is 9.74. The number of amides is 1. The average Bonchev–Trinajstić information content (AvgIpc) is 3.44. The van der Waals surface area contributed by atoms with Gasteiger partial charge in [-0.1, -0.05) is 11.6 Å². The molecule has 5 rings (SSSR count). The third-order valence-corrected chi connectivity index (χ3v) is 5.39. The van der Waals surface area contributed by atoms with Crippen LogP contribution in [0, 0.1) is 0 Å². The fraction of sp³-hybridized carbons (Fsp3) is 0.316. The lowest BCUT2D eigenvalue weighted by Gasteiger charge is -2.32. The van der Waals surface area contributed by atoms with Crippen molar-refractivity contribution in [2.75, 3.05) is 6.54 Å². The Hall–Kier alpha value is -3.24. The molecule has 4 aromatic heterocycles. The lowest BCUT2D eigenvalue weighted by atomic mass is 9.99. The second-order valence-corrected chi connectivity index (χ2v) is 8.05. The van der Waals surface area contributed by atoms with E-state index in [-0.39, 0.29) is 11.8 Å². The van der Waals surface area contributed by atoms with Gasteiger partial charge in [-0.25, -0.2) is 9.50 Å². The van der Waals surface area contributed by atoms with Crippen LogP contribution in [0.2, 0.25) is 5.02 Å². The van der Waals surface area contributed by atoms with Gasteiger partial charge < -0.3 is 19.4 Å². The number of aliphatic hydroxyl groups is 1. The Morgan fingerprint density at radius 1 is 1.40 bits per heavy atom. The third kappa shape index (κ3) is 2.96. The molecular weight excluding hydrogens is 410 g/mol. The highest BCUT2D eigenvalue weighted by molar-refractivity contribution is 6.33. The van der Waals surface area contributed by atoms with E-state index in [1.807, 2.05) is 6.07 Å². The van der Waals surface area contributed by atoms with E-state index in [1.54, 1.807) is 34.1 Å². The van der Waals surface area contributed by atoms with Gasteiger partial charge in [0.25, 0.3) is 0 Å². The molecule has 10 nitrogen and oxygen atoms in total. The van der Waals surface area contributed by atoms with Crippen molar-refractivity contribution in [1.82, 2.24) is 34.7 Å². The number of aromatic nitrogens is 6. The molecule has 0 aromatic carbocycles. The smallest absolute Gasteiger partial charge is 0.312 e. The van der Waals surface area contributed by atoms with E-state index in [1.165, 1.54) is 13.8 Å². The lowest BCUT2D eigenvalue weighted by Crippen LogP contribution is -2.41. The molecule has 0 saturated carbocycles. The van der Waals surface area contributed by atoms with E-state index < -0.39 is 17.6 Å². The molecule has 5 heterocycles. The Morgan fingerprint density at radius 3 is 2.97 bits per heavy atom. The SMILES string of the molecule is CC(C)(O)c1nnc(C(=O)N2CCc3[nH]cnc3[C@@H]2c2cc3c(Cl)cccn3n2)o1. The zero-order chi connectivity index (χ0) is 21.0. The number of nitrogens with zero attached hydrogens (tertiary/aromatic N) is 6. The van der Waals surface area contributed by atoms with Crippen LogP contribution in [0.1, 0.15) is 53.5 Å². The monoisotopic (exact) mass is 427 g/mol. The average molecular weight is 428 g/mol. The molecular formula is C19H18ClN7O3. The predicted octanol–water partition coefficient (Wildman–Crippen LogP) is 2.11. The Bertz CT molecular complexity index is 1250. The number of hydrogen-bond acceptors (Lipinski definition) is 7. The Balaban J connectivity index is 1.59. The van der Waals surface area contributed by atoms with Crippen LogP contribution in [0.3, 0.4) is 0 Å². The number of nitrogens with one attached hydrogen (secondary N) is 1. The fourth-order valence-electron chi connectivity index (χ4n) is 3.61. The van der Waals surface area contributed by atoms with Gasteiger partial charge in [-0.2, -0.15) is 5.10 Å². The topological polar surface area (TPSA) is 125 Å². The molecule has 11 heteroatoms. The van der Waals surface area contributed by atoms with Crippen molar-refractivity contribution >= 4 is 23.0 Å². The highest BCUT2D eigenvalue weighted by Crippen LogP contribution is 2.35. The molecule has 30 heavy (non-hydrogen) atoms. The van der Waals surface area contributed by atoms with E-state index >= 15 is 0 Å². The Morgan fingerprint density at radius 2 is 2.23 bits per heavy atom. The van der Waals surface area contributed by atoms with Crippen molar-refractivity contribution in [3.8, 4) is 0 Å². The van der Waals surface area contributed by atoms with Crippen molar-refractivity contribution in [3.05, 3.63) is 64.6 Å². The molecule has 4 aromatic rings. The molecule has 2 N–H and O–H groups in total. The number of hydrogen-bond donors (Lipinski definition) is 2. The molecule has 1 atom stereocenters. The van der Waals surface area contributed by atoms with Gasteiger partial charge in [-0.15, -0.1) is 10.2 Å². The summed E-state index contributed by atoms with van der Waals surface area (Å²) in [6.07, 6.45) is 3.99. The van der Waals surface area contributed by atoms with E-state index in [9.17, 15) is 9.90 Å². The number of halogens is 1. The summed E-state index contributed by atoms with van der Waals surface area (Å²) in [7, 11) is 0. The molecule has 0 aliphatic carbocycles. The molecule has 0 unspecified atom stereocenters. The summed E-state index contributed by atoms with van der Waals surface area (Å²) in [6.45, 7) is 3.42. The molecule has 0 radical (unpaired) electrons. The van der Waals surface area contributed by atoms with E-state index in [2.05, 4.69) is 25.3 Å². The molecule has 0 spiro atoms. The first kappa shape index (κ1) is 18.8. The maximum atomic E-state index is 13.3. The van der Waals surface area contributed by atoms with Gasteiger partial charge in [0.15, 0.2) is 0 Å². The minimum absolute atomic E-state index is 0.0284. The maximum absolute atomic E-state index is 13.3. The van der Waals surface area contributed by atoms with E-state index in [4.69, 9.17) is 16.0 Å². The predicted molar refractivity (Wildman–Crippen MR) is 105 cm³/mol.